The number of ether oxygens (including phenoxy) is 1. The van der Waals surface area contributed by atoms with Crippen LogP contribution in [0.2, 0.25) is 0 Å². The van der Waals surface area contributed by atoms with Crippen molar-refractivity contribution in [2.45, 2.75) is 6.92 Å². The van der Waals surface area contributed by atoms with E-state index in [0.29, 0.717) is 28.0 Å². The number of hydrogen-bond donors (Lipinski definition) is 0. The Labute approximate surface area is 143 Å². The minimum atomic E-state index is -0.432. The highest BCUT2D eigenvalue weighted by Crippen LogP contribution is 2.33. The van der Waals surface area contributed by atoms with E-state index in [-0.39, 0.29) is 11.8 Å². The van der Waals surface area contributed by atoms with Gasteiger partial charge in [-0.3, -0.25) is 14.4 Å². The van der Waals surface area contributed by atoms with E-state index in [4.69, 9.17) is 4.74 Å². The summed E-state index contributed by atoms with van der Waals surface area (Å²) in [4.78, 5) is 37.9. The van der Waals surface area contributed by atoms with Gasteiger partial charge in [-0.25, -0.2) is 4.90 Å². The summed E-state index contributed by atoms with van der Waals surface area (Å²) in [5, 5.41) is 1.55. The second-order valence-corrected chi connectivity index (χ2v) is 5.74. The maximum Gasteiger partial charge on any atom is 0.308 e. The third-order valence-electron chi connectivity index (χ3n) is 4.13. The Morgan fingerprint density at radius 3 is 1.92 bits per heavy atom. The predicted molar refractivity (Wildman–Crippen MR) is 92.8 cm³/mol. The van der Waals surface area contributed by atoms with Crippen LogP contribution in [0.4, 0.5) is 5.69 Å². The Balaban J connectivity index is 1.81. The molecular weight excluding hydrogens is 318 g/mol. The van der Waals surface area contributed by atoms with Crippen LogP contribution in [-0.2, 0) is 4.79 Å². The number of benzene rings is 3. The molecule has 0 N–H and O–H groups in total. The number of esters is 1. The van der Waals surface area contributed by atoms with Gasteiger partial charge in [0.1, 0.15) is 5.75 Å². The maximum atomic E-state index is 12.9. The molecule has 0 fully saturated rings. The average molecular weight is 331 g/mol. The Morgan fingerprint density at radius 1 is 0.840 bits per heavy atom. The summed E-state index contributed by atoms with van der Waals surface area (Å²) in [6, 6.07) is 17.1. The van der Waals surface area contributed by atoms with E-state index >= 15 is 0 Å². The monoisotopic (exact) mass is 331 g/mol. The van der Waals surface area contributed by atoms with E-state index in [2.05, 4.69) is 0 Å². The van der Waals surface area contributed by atoms with Crippen LogP contribution in [0.3, 0.4) is 0 Å². The molecule has 4 rings (SSSR count). The minimum Gasteiger partial charge on any atom is -0.427 e. The van der Waals surface area contributed by atoms with Crippen molar-refractivity contribution in [2.24, 2.45) is 0 Å². The van der Waals surface area contributed by atoms with Gasteiger partial charge in [-0.05, 0) is 41.8 Å². The molecule has 1 aliphatic heterocycles. The standard InChI is InChI=1S/C20H13NO4/c1-12(22)25-15-10-8-14(9-11-15)21-19(23)16-6-2-4-13-5-3-7-17(18(13)16)20(21)24/h2-11H,1H3. The van der Waals surface area contributed by atoms with Crippen molar-refractivity contribution in [3.63, 3.8) is 0 Å². The number of amides is 2. The first-order valence-electron chi connectivity index (χ1n) is 7.75. The van der Waals surface area contributed by atoms with Crippen LogP contribution in [0, 0.1) is 0 Å². The second kappa shape index (κ2) is 5.56. The fourth-order valence-electron chi connectivity index (χ4n) is 3.09. The zero-order chi connectivity index (χ0) is 17.6. The Morgan fingerprint density at radius 2 is 1.40 bits per heavy atom. The molecule has 1 aliphatic rings. The van der Waals surface area contributed by atoms with E-state index in [1.807, 2.05) is 12.1 Å². The summed E-state index contributed by atoms with van der Waals surface area (Å²) in [5.74, 6) is -0.807. The van der Waals surface area contributed by atoms with E-state index in [1.165, 1.54) is 6.92 Å². The average Bonchev–Trinajstić information content (AvgIpc) is 2.60. The van der Waals surface area contributed by atoms with Crippen LogP contribution in [0.1, 0.15) is 27.6 Å². The van der Waals surface area contributed by atoms with Gasteiger partial charge < -0.3 is 4.74 Å². The van der Waals surface area contributed by atoms with Gasteiger partial charge in [-0.15, -0.1) is 0 Å². The predicted octanol–water partition coefficient (Wildman–Crippen LogP) is 3.57. The lowest BCUT2D eigenvalue weighted by Gasteiger charge is -2.27. The van der Waals surface area contributed by atoms with Gasteiger partial charge in [0.25, 0.3) is 11.8 Å². The maximum absolute atomic E-state index is 12.9. The highest BCUT2D eigenvalue weighted by molar-refractivity contribution is 6.35. The summed E-state index contributed by atoms with van der Waals surface area (Å²) in [6.07, 6.45) is 0. The molecule has 1 heterocycles. The summed E-state index contributed by atoms with van der Waals surface area (Å²) in [6.45, 7) is 1.31. The molecule has 0 radical (unpaired) electrons. The van der Waals surface area contributed by atoms with Crippen LogP contribution < -0.4 is 9.64 Å². The van der Waals surface area contributed by atoms with Crippen LogP contribution in [0.25, 0.3) is 10.8 Å². The first-order chi connectivity index (χ1) is 12.1. The third-order valence-corrected chi connectivity index (χ3v) is 4.13. The van der Waals surface area contributed by atoms with E-state index in [1.54, 1.807) is 48.5 Å². The van der Waals surface area contributed by atoms with Crippen molar-refractivity contribution in [1.82, 2.24) is 0 Å². The largest absolute Gasteiger partial charge is 0.427 e. The van der Waals surface area contributed by atoms with Gasteiger partial charge in [0.05, 0.1) is 5.69 Å². The number of carbonyl (C=O) groups is 3. The van der Waals surface area contributed by atoms with Crippen LogP contribution in [-0.4, -0.2) is 17.8 Å². The molecule has 3 aromatic rings. The summed E-state index contributed by atoms with van der Waals surface area (Å²) in [7, 11) is 0. The number of nitrogens with zero attached hydrogens (tertiary/aromatic N) is 1. The van der Waals surface area contributed by atoms with E-state index < -0.39 is 5.97 Å². The highest BCUT2D eigenvalue weighted by atomic mass is 16.5. The lowest BCUT2D eigenvalue weighted by molar-refractivity contribution is -0.131. The minimum absolute atomic E-state index is 0.357. The summed E-state index contributed by atoms with van der Waals surface area (Å²) >= 11 is 0. The van der Waals surface area contributed by atoms with Crippen LogP contribution >= 0.6 is 0 Å². The van der Waals surface area contributed by atoms with Crippen molar-refractivity contribution < 1.29 is 19.1 Å². The molecule has 0 bridgehead atoms. The van der Waals surface area contributed by atoms with Crippen molar-refractivity contribution in [3.05, 3.63) is 71.8 Å². The normalized spacial score (nSPS) is 13.2. The van der Waals surface area contributed by atoms with E-state index in [0.717, 1.165) is 10.3 Å². The molecule has 2 amide bonds. The first-order valence-corrected chi connectivity index (χ1v) is 7.75. The molecule has 0 saturated heterocycles. The molecule has 5 nitrogen and oxygen atoms in total. The zero-order valence-electron chi connectivity index (χ0n) is 13.4. The molecule has 0 atom stereocenters. The van der Waals surface area contributed by atoms with Crippen LogP contribution in [0.15, 0.2) is 60.7 Å². The van der Waals surface area contributed by atoms with Crippen molar-refractivity contribution >= 4 is 34.2 Å². The van der Waals surface area contributed by atoms with Crippen molar-refractivity contribution in [3.8, 4) is 5.75 Å². The highest BCUT2D eigenvalue weighted by Gasteiger charge is 2.33. The molecule has 0 aromatic heterocycles. The van der Waals surface area contributed by atoms with Crippen molar-refractivity contribution in [2.75, 3.05) is 4.90 Å². The molecule has 25 heavy (non-hydrogen) atoms. The van der Waals surface area contributed by atoms with Gasteiger partial charge in [0.15, 0.2) is 0 Å². The molecule has 0 spiro atoms. The quantitative estimate of drug-likeness (QED) is 0.409. The summed E-state index contributed by atoms with van der Waals surface area (Å²) < 4.78 is 4.99. The second-order valence-electron chi connectivity index (χ2n) is 5.74. The SMILES string of the molecule is CC(=O)Oc1ccc(N2C(=O)c3cccc4cccc(c34)C2=O)cc1. The lowest BCUT2D eigenvalue weighted by Crippen LogP contribution is -2.40. The number of carbonyl (C=O) groups excluding carboxylic acids is 3. The molecule has 122 valence electrons. The summed E-state index contributed by atoms with van der Waals surface area (Å²) in [5.41, 5.74) is 1.42. The smallest absolute Gasteiger partial charge is 0.308 e. The number of rotatable bonds is 2. The van der Waals surface area contributed by atoms with Gasteiger partial charge >= 0.3 is 5.97 Å². The zero-order valence-corrected chi connectivity index (χ0v) is 13.4. The van der Waals surface area contributed by atoms with Gasteiger partial charge in [-0.1, -0.05) is 24.3 Å². The fourth-order valence-corrected chi connectivity index (χ4v) is 3.09. The number of imide groups is 1. The van der Waals surface area contributed by atoms with Crippen molar-refractivity contribution in [1.29, 1.82) is 0 Å². The Kier molecular flexibility index (Phi) is 3.35. The lowest BCUT2D eigenvalue weighted by atomic mass is 9.94. The molecule has 3 aromatic carbocycles. The first kappa shape index (κ1) is 15.1. The van der Waals surface area contributed by atoms with Gasteiger partial charge in [0.2, 0.25) is 0 Å². The molecule has 0 unspecified atom stereocenters. The van der Waals surface area contributed by atoms with Crippen LogP contribution in [0.5, 0.6) is 5.75 Å². The number of hydrogen-bond acceptors (Lipinski definition) is 4. The molecule has 0 aliphatic carbocycles. The Hall–Kier alpha value is -3.47. The third kappa shape index (κ3) is 2.37. The molecular formula is C20H13NO4. The van der Waals surface area contributed by atoms with Gasteiger partial charge in [-0.2, -0.15) is 0 Å². The topological polar surface area (TPSA) is 63.7 Å². The Bertz CT molecular complexity index is 987. The number of anilines is 1. The van der Waals surface area contributed by atoms with Gasteiger partial charge in [0, 0.05) is 23.4 Å². The van der Waals surface area contributed by atoms with E-state index in [9.17, 15) is 14.4 Å². The fraction of sp³-hybridized carbons (Fsp3) is 0.0500. The molecule has 5 heteroatoms. The molecule has 0 saturated carbocycles.